The normalized spacial score (nSPS) is 15.8. The van der Waals surface area contributed by atoms with Gasteiger partial charge in [-0.05, 0) is 62.1 Å². The van der Waals surface area contributed by atoms with Crippen LogP contribution in [0.3, 0.4) is 0 Å². The van der Waals surface area contributed by atoms with E-state index in [-0.39, 0.29) is 24.5 Å². The molecule has 11 heteroatoms. The maximum atomic E-state index is 13.4. The van der Waals surface area contributed by atoms with Crippen LogP contribution in [-0.2, 0) is 18.6 Å². The lowest BCUT2D eigenvalue weighted by Gasteiger charge is -2.38. The summed E-state index contributed by atoms with van der Waals surface area (Å²) in [4.78, 5) is 20.1. The third-order valence-corrected chi connectivity index (χ3v) is 8.16. The number of hydrogen-bond acceptors (Lipinski definition) is 7. The Morgan fingerprint density at radius 2 is 1.69 bits per heavy atom. The number of fused-ring (bicyclic) bond motifs is 1. The highest BCUT2D eigenvalue weighted by Gasteiger charge is 2.33. The highest BCUT2D eigenvalue weighted by molar-refractivity contribution is 5.75. The Hall–Kier alpha value is -4.19. The van der Waals surface area contributed by atoms with Gasteiger partial charge in [0.25, 0.3) is 5.56 Å². The molecule has 0 saturated carbocycles. The summed E-state index contributed by atoms with van der Waals surface area (Å²) in [6, 6.07) is 14.2. The van der Waals surface area contributed by atoms with E-state index in [0.29, 0.717) is 43.5 Å². The molecule has 1 saturated heterocycles. The van der Waals surface area contributed by atoms with Crippen LogP contribution in [0.2, 0.25) is 0 Å². The molecule has 1 aliphatic heterocycles. The van der Waals surface area contributed by atoms with Crippen LogP contribution in [-0.4, -0.2) is 69.5 Å². The zero-order chi connectivity index (χ0) is 29.5. The summed E-state index contributed by atoms with van der Waals surface area (Å²) in [6.45, 7) is 5.99. The second-order valence-electron chi connectivity index (χ2n) is 11.8. The van der Waals surface area contributed by atoms with Gasteiger partial charge in [-0.2, -0.15) is 10.2 Å². The van der Waals surface area contributed by atoms with Gasteiger partial charge in [-0.3, -0.25) is 18.9 Å². The van der Waals surface area contributed by atoms with Crippen LogP contribution in [0.25, 0.3) is 27.8 Å². The minimum absolute atomic E-state index is 0.0229. The summed E-state index contributed by atoms with van der Waals surface area (Å²) in [6.07, 6.45) is 7.70. The quantitative estimate of drug-likeness (QED) is 0.294. The van der Waals surface area contributed by atoms with Crippen molar-refractivity contribution in [2.45, 2.75) is 50.9 Å². The molecule has 1 fully saturated rings. The molecule has 0 radical (unpaired) electrons. The highest BCUT2D eigenvalue weighted by Crippen LogP contribution is 2.26. The SMILES string of the molecule is CC(C)(CO)n1cc(-c2ccc(-n3ncc4c(=O)n(CC5(O)CCN(Cc6ccc(F)cc6)CC5)cnc43)cc2)cn1. The van der Waals surface area contributed by atoms with Crippen molar-refractivity contribution in [1.82, 2.24) is 34.0 Å². The maximum Gasteiger partial charge on any atom is 0.264 e. The monoisotopic (exact) mass is 571 g/mol. The lowest BCUT2D eigenvalue weighted by molar-refractivity contribution is -0.0364. The van der Waals surface area contributed by atoms with E-state index < -0.39 is 11.1 Å². The molecule has 6 rings (SSSR count). The number of piperidine rings is 1. The van der Waals surface area contributed by atoms with E-state index in [2.05, 4.69) is 20.1 Å². The van der Waals surface area contributed by atoms with Crippen LogP contribution in [0.1, 0.15) is 32.3 Å². The number of aliphatic hydroxyl groups is 2. The van der Waals surface area contributed by atoms with Gasteiger partial charge in [0.05, 0.1) is 42.4 Å². The predicted octanol–water partition coefficient (Wildman–Crippen LogP) is 3.34. The summed E-state index contributed by atoms with van der Waals surface area (Å²) in [5.41, 5.74) is 2.35. The first-order valence-electron chi connectivity index (χ1n) is 14.0. The van der Waals surface area contributed by atoms with Crippen LogP contribution in [0, 0.1) is 5.82 Å². The minimum Gasteiger partial charge on any atom is -0.394 e. The van der Waals surface area contributed by atoms with Crippen LogP contribution in [0.15, 0.2) is 78.2 Å². The Kier molecular flexibility index (Phi) is 7.25. The molecular formula is C31H34FN7O3. The molecule has 2 aromatic carbocycles. The maximum absolute atomic E-state index is 13.4. The van der Waals surface area contributed by atoms with Gasteiger partial charge in [0.1, 0.15) is 17.5 Å². The molecule has 0 aliphatic carbocycles. The van der Waals surface area contributed by atoms with Gasteiger partial charge in [0, 0.05) is 31.4 Å². The Balaban J connectivity index is 1.15. The molecule has 0 atom stereocenters. The number of aromatic nitrogens is 6. The molecule has 10 nitrogen and oxygen atoms in total. The largest absolute Gasteiger partial charge is 0.394 e. The van der Waals surface area contributed by atoms with Crippen molar-refractivity contribution in [2.24, 2.45) is 0 Å². The number of benzene rings is 2. The molecule has 42 heavy (non-hydrogen) atoms. The van der Waals surface area contributed by atoms with E-state index in [9.17, 15) is 19.4 Å². The zero-order valence-electron chi connectivity index (χ0n) is 23.7. The molecule has 218 valence electrons. The van der Waals surface area contributed by atoms with Crippen LogP contribution < -0.4 is 5.56 Å². The Morgan fingerprint density at radius 3 is 2.38 bits per heavy atom. The van der Waals surface area contributed by atoms with Crippen LogP contribution >= 0.6 is 0 Å². The molecule has 0 unspecified atom stereocenters. The van der Waals surface area contributed by atoms with E-state index in [1.54, 1.807) is 27.7 Å². The third-order valence-electron chi connectivity index (χ3n) is 8.16. The average Bonchev–Trinajstić information content (AvgIpc) is 3.66. The van der Waals surface area contributed by atoms with E-state index in [1.807, 2.05) is 44.3 Å². The molecular weight excluding hydrogens is 537 g/mol. The third kappa shape index (κ3) is 5.50. The summed E-state index contributed by atoms with van der Waals surface area (Å²) in [5, 5.41) is 30.1. The summed E-state index contributed by atoms with van der Waals surface area (Å²) < 4.78 is 18.1. The van der Waals surface area contributed by atoms with Gasteiger partial charge in [0.15, 0.2) is 5.65 Å². The molecule has 5 aromatic rings. The van der Waals surface area contributed by atoms with Gasteiger partial charge in [-0.15, -0.1) is 0 Å². The number of rotatable bonds is 8. The molecule has 1 aliphatic rings. The summed E-state index contributed by atoms with van der Waals surface area (Å²) >= 11 is 0. The van der Waals surface area contributed by atoms with Gasteiger partial charge in [-0.1, -0.05) is 24.3 Å². The van der Waals surface area contributed by atoms with Crippen LogP contribution in [0.5, 0.6) is 0 Å². The van der Waals surface area contributed by atoms with Crippen LogP contribution in [0.4, 0.5) is 4.39 Å². The lowest BCUT2D eigenvalue weighted by atomic mass is 9.91. The Labute approximate surface area is 242 Å². The number of likely N-dealkylation sites (tertiary alicyclic amines) is 1. The van der Waals surface area contributed by atoms with E-state index in [0.717, 1.165) is 22.4 Å². The van der Waals surface area contributed by atoms with E-state index >= 15 is 0 Å². The summed E-state index contributed by atoms with van der Waals surface area (Å²) in [7, 11) is 0. The van der Waals surface area contributed by atoms with E-state index in [1.165, 1.54) is 29.2 Å². The standard InChI is InChI=1S/C31H34FN7O3/c1-30(2,20-40)38-18-24(15-34-38)23-5-9-26(10-6-23)39-28-27(16-35-39)29(41)37(21-33-28)19-31(42)11-13-36(14-12-31)17-22-3-7-25(32)8-4-22/h3-10,15-16,18,21,40,42H,11-14,17,19-20H2,1-2H3. The lowest BCUT2D eigenvalue weighted by Crippen LogP contribution is -2.47. The first kappa shape index (κ1) is 28.0. The number of hydrogen-bond donors (Lipinski definition) is 2. The van der Waals surface area contributed by atoms with Crippen molar-refractivity contribution in [1.29, 1.82) is 0 Å². The molecule has 0 bridgehead atoms. The summed E-state index contributed by atoms with van der Waals surface area (Å²) in [5.74, 6) is -0.254. The van der Waals surface area contributed by atoms with Crippen molar-refractivity contribution in [2.75, 3.05) is 19.7 Å². The number of aliphatic hydroxyl groups excluding tert-OH is 1. The van der Waals surface area contributed by atoms with Crippen molar-refractivity contribution in [3.05, 3.63) is 95.2 Å². The minimum atomic E-state index is -1.02. The fourth-order valence-electron chi connectivity index (χ4n) is 5.37. The smallest absolute Gasteiger partial charge is 0.264 e. The Morgan fingerprint density at radius 1 is 0.976 bits per heavy atom. The second-order valence-corrected chi connectivity index (χ2v) is 11.8. The van der Waals surface area contributed by atoms with E-state index in [4.69, 9.17) is 0 Å². The van der Waals surface area contributed by atoms with Crippen molar-refractivity contribution in [3.63, 3.8) is 0 Å². The second kappa shape index (κ2) is 10.9. The van der Waals surface area contributed by atoms with Crippen molar-refractivity contribution < 1.29 is 14.6 Å². The van der Waals surface area contributed by atoms with Gasteiger partial charge in [0.2, 0.25) is 0 Å². The molecule has 2 N–H and O–H groups in total. The molecule has 3 aromatic heterocycles. The fraction of sp³-hybridized carbons (Fsp3) is 0.355. The van der Waals surface area contributed by atoms with Crippen molar-refractivity contribution >= 4 is 11.0 Å². The van der Waals surface area contributed by atoms with Gasteiger partial charge >= 0.3 is 0 Å². The molecule has 4 heterocycles. The fourth-order valence-corrected chi connectivity index (χ4v) is 5.37. The first-order chi connectivity index (χ1) is 20.1. The highest BCUT2D eigenvalue weighted by atomic mass is 19.1. The topological polar surface area (TPSA) is 114 Å². The molecule has 0 spiro atoms. The van der Waals surface area contributed by atoms with Crippen molar-refractivity contribution in [3.8, 4) is 16.8 Å². The average molecular weight is 572 g/mol. The first-order valence-corrected chi connectivity index (χ1v) is 14.0. The molecule has 0 amide bonds. The van der Waals surface area contributed by atoms with Gasteiger partial charge in [-0.25, -0.2) is 14.1 Å². The number of nitrogens with zero attached hydrogens (tertiary/aromatic N) is 7. The Bertz CT molecular complexity index is 1750. The van der Waals surface area contributed by atoms with Gasteiger partial charge < -0.3 is 10.2 Å². The number of halogens is 1. The zero-order valence-corrected chi connectivity index (χ0v) is 23.7. The predicted molar refractivity (Wildman–Crippen MR) is 157 cm³/mol.